The Labute approximate surface area is 90.9 Å². The van der Waals surface area contributed by atoms with Gasteiger partial charge in [-0.1, -0.05) is 38.9 Å². The molecule has 1 heterocycles. The maximum atomic E-state index is 2.69. The molecule has 84 valence electrons. The molecule has 0 aliphatic carbocycles. The van der Waals surface area contributed by atoms with E-state index < -0.39 is 8.07 Å². The minimum absolute atomic E-state index is 0.823. The Hall–Kier alpha value is 0.177. The van der Waals surface area contributed by atoms with Crippen LogP contribution in [0.2, 0.25) is 24.7 Å². The number of piperidine rings is 1. The van der Waals surface area contributed by atoms with E-state index in [-0.39, 0.29) is 0 Å². The van der Waals surface area contributed by atoms with Crippen LogP contribution in [0.3, 0.4) is 0 Å². The van der Waals surface area contributed by atoms with E-state index in [1.165, 1.54) is 57.0 Å². The number of hydrogen-bond acceptors (Lipinski definition) is 1. The molecule has 0 spiro atoms. The van der Waals surface area contributed by atoms with Crippen molar-refractivity contribution in [2.45, 2.75) is 57.8 Å². The topological polar surface area (TPSA) is 3.24 Å². The second-order valence-electron chi connectivity index (χ2n) is 5.17. The van der Waals surface area contributed by atoms with Gasteiger partial charge in [0.25, 0.3) is 0 Å². The van der Waals surface area contributed by atoms with Crippen molar-refractivity contribution in [3.63, 3.8) is 0 Å². The molecule has 0 atom stereocenters. The van der Waals surface area contributed by atoms with Crippen molar-refractivity contribution < 1.29 is 0 Å². The lowest BCUT2D eigenvalue weighted by molar-refractivity contribution is 0.239. The van der Waals surface area contributed by atoms with Crippen molar-refractivity contribution in [1.82, 2.24) is 4.90 Å². The molecule has 0 amide bonds. The first kappa shape index (κ1) is 12.2. The summed E-state index contributed by atoms with van der Waals surface area (Å²) in [5, 5.41) is 0. The molecule has 0 unspecified atom stereocenters. The van der Waals surface area contributed by atoms with Crippen molar-refractivity contribution in [3.05, 3.63) is 0 Å². The lowest BCUT2D eigenvalue weighted by atomic mass is 10.1. The van der Waals surface area contributed by atoms with Crippen LogP contribution in [-0.4, -0.2) is 32.6 Å². The first-order valence-corrected chi connectivity index (χ1v) is 9.54. The normalized spacial score (nSPS) is 19.9. The molecule has 0 bridgehead atoms. The summed E-state index contributed by atoms with van der Waals surface area (Å²) in [5.41, 5.74) is 0. The van der Waals surface area contributed by atoms with Gasteiger partial charge < -0.3 is 4.90 Å². The van der Waals surface area contributed by atoms with Gasteiger partial charge in [0.15, 0.2) is 0 Å². The summed E-state index contributed by atoms with van der Waals surface area (Å²) in [7, 11) is -0.823. The van der Waals surface area contributed by atoms with Gasteiger partial charge in [-0.2, -0.15) is 0 Å². The van der Waals surface area contributed by atoms with E-state index in [2.05, 4.69) is 25.3 Å². The maximum Gasteiger partial charge on any atom is 0.0511 e. The molecule has 0 saturated carbocycles. The Balaban J connectivity index is 2.23. The zero-order valence-electron chi connectivity index (χ0n) is 10.3. The largest absolute Gasteiger partial charge is 0.304 e. The second kappa shape index (κ2) is 5.91. The first-order valence-electron chi connectivity index (χ1n) is 6.42. The summed E-state index contributed by atoms with van der Waals surface area (Å²) in [6.07, 6.45) is 4.35. The van der Waals surface area contributed by atoms with E-state index in [0.717, 1.165) is 0 Å². The van der Waals surface area contributed by atoms with E-state index in [4.69, 9.17) is 0 Å². The number of rotatable bonds is 5. The Morgan fingerprint density at radius 1 is 1.00 bits per heavy atom. The van der Waals surface area contributed by atoms with E-state index in [1.54, 1.807) is 0 Å². The highest BCUT2D eigenvalue weighted by molar-refractivity contribution is 6.78. The van der Waals surface area contributed by atoms with Gasteiger partial charge >= 0.3 is 0 Å². The predicted octanol–water partition coefficient (Wildman–Crippen LogP) is 3.59. The average molecular weight is 213 g/mol. The smallest absolute Gasteiger partial charge is 0.0511 e. The Bertz CT molecular complexity index is 148. The van der Waals surface area contributed by atoms with Crippen LogP contribution in [0.5, 0.6) is 0 Å². The fraction of sp³-hybridized carbons (Fsp3) is 1.00. The molecule has 1 fully saturated rings. The molecule has 1 nitrogen and oxygen atoms in total. The molecule has 0 aromatic rings. The van der Waals surface area contributed by atoms with Crippen LogP contribution in [0.4, 0.5) is 0 Å². The summed E-state index contributed by atoms with van der Waals surface area (Å²) in [4.78, 5) is 2.69. The molecule has 0 aromatic heterocycles. The molecule has 1 saturated heterocycles. The van der Waals surface area contributed by atoms with Gasteiger partial charge in [-0.15, -0.1) is 0 Å². The van der Waals surface area contributed by atoms with Crippen molar-refractivity contribution in [3.8, 4) is 0 Å². The van der Waals surface area contributed by atoms with E-state index in [0.29, 0.717) is 0 Å². The van der Waals surface area contributed by atoms with Crippen LogP contribution < -0.4 is 0 Å². The van der Waals surface area contributed by atoms with Gasteiger partial charge in [-0.3, -0.25) is 0 Å². The fourth-order valence-corrected chi connectivity index (χ4v) is 4.28. The van der Waals surface area contributed by atoms with Gasteiger partial charge in [-0.25, -0.2) is 0 Å². The lowest BCUT2D eigenvalue weighted by Crippen LogP contribution is -2.37. The average Bonchev–Trinajstić information content (AvgIpc) is 2.27. The zero-order chi connectivity index (χ0) is 10.4. The zero-order valence-corrected chi connectivity index (χ0v) is 11.3. The SMILES string of the molecule is CC[Si](C)(CC)CCN1CCCCC1. The third kappa shape index (κ3) is 3.74. The summed E-state index contributed by atoms with van der Waals surface area (Å²) < 4.78 is 0. The summed E-state index contributed by atoms with van der Waals surface area (Å²) in [6.45, 7) is 11.5. The predicted molar refractivity (Wildman–Crippen MR) is 67.7 cm³/mol. The van der Waals surface area contributed by atoms with E-state index >= 15 is 0 Å². The first-order chi connectivity index (χ1) is 6.70. The molecular weight excluding hydrogens is 186 g/mol. The molecule has 14 heavy (non-hydrogen) atoms. The third-order valence-electron chi connectivity index (χ3n) is 4.19. The molecule has 0 aromatic carbocycles. The van der Waals surface area contributed by atoms with Gasteiger partial charge in [0.2, 0.25) is 0 Å². The van der Waals surface area contributed by atoms with Crippen LogP contribution in [0.1, 0.15) is 33.1 Å². The molecular formula is C12H27NSi. The Kier molecular flexibility index (Phi) is 5.17. The summed E-state index contributed by atoms with van der Waals surface area (Å²) in [5.74, 6) is 0. The standard InChI is InChI=1S/C12H27NSi/c1-4-14(3,5-2)12-11-13-9-7-6-8-10-13/h4-12H2,1-3H3. The fourth-order valence-electron chi connectivity index (χ4n) is 2.21. The lowest BCUT2D eigenvalue weighted by Gasteiger charge is -2.31. The highest BCUT2D eigenvalue weighted by atomic mass is 28.3. The van der Waals surface area contributed by atoms with Gasteiger partial charge in [-0.05, 0) is 38.5 Å². The summed E-state index contributed by atoms with van der Waals surface area (Å²) in [6, 6.07) is 4.47. The molecule has 1 aliphatic rings. The molecule has 0 radical (unpaired) electrons. The van der Waals surface area contributed by atoms with Crippen molar-refractivity contribution in [2.24, 2.45) is 0 Å². The van der Waals surface area contributed by atoms with Gasteiger partial charge in [0, 0.05) is 0 Å². The second-order valence-corrected chi connectivity index (χ2v) is 10.7. The highest BCUT2D eigenvalue weighted by Gasteiger charge is 2.23. The van der Waals surface area contributed by atoms with Gasteiger partial charge in [0.05, 0.1) is 8.07 Å². The maximum absolute atomic E-state index is 2.69. The minimum Gasteiger partial charge on any atom is -0.304 e. The van der Waals surface area contributed by atoms with Gasteiger partial charge in [0.1, 0.15) is 0 Å². The Morgan fingerprint density at radius 2 is 1.57 bits per heavy atom. The molecule has 1 rings (SSSR count). The quantitative estimate of drug-likeness (QED) is 0.631. The van der Waals surface area contributed by atoms with Crippen molar-refractivity contribution >= 4 is 8.07 Å². The molecule has 1 aliphatic heterocycles. The van der Waals surface area contributed by atoms with Crippen molar-refractivity contribution in [1.29, 1.82) is 0 Å². The van der Waals surface area contributed by atoms with Crippen molar-refractivity contribution in [2.75, 3.05) is 19.6 Å². The molecule has 0 N–H and O–H groups in total. The third-order valence-corrected chi connectivity index (χ3v) is 9.03. The van der Waals surface area contributed by atoms with E-state index in [1.807, 2.05) is 0 Å². The number of nitrogens with zero attached hydrogens (tertiary/aromatic N) is 1. The minimum atomic E-state index is -0.823. The summed E-state index contributed by atoms with van der Waals surface area (Å²) >= 11 is 0. The number of likely N-dealkylation sites (tertiary alicyclic amines) is 1. The van der Waals surface area contributed by atoms with E-state index in [9.17, 15) is 0 Å². The monoisotopic (exact) mass is 213 g/mol. The van der Waals surface area contributed by atoms with Crippen LogP contribution in [-0.2, 0) is 0 Å². The van der Waals surface area contributed by atoms with Crippen LogP contribution in [0.25, 0.3) is 0 Å². The highest BCUT2D eigenvalue weighted by Crippen LogP contribution is 2.21. The van der Waals surface area contributed by atoms with Crippen LogP contribution >= 0.6 is 0 Å². The van der Waals surface area contributed by atoms with Crippen LogP contribution in [0.15, 0.2) is 0 Å². The Morgan fingerprint density at radius 3 is 2.07 bits per heavy atom. The number of hydrogen-bond donors (Lipinski definition) is 0. The molecule has 2 heteroatoms. The van der Waals surface area contributed by atoms with Crippen LogP contribution in [0, 0.1) is 0 Å².